The predicted octanol–water partition coefficient (Wildman–Crippen LogP) is 3.84. The van der Waals surface area contributed by atoms with Crippen molar-refractivity contribution < 1.29 is 0 Å². The summed E-state index contributed by atoms with van der Waals surface area (Å²) in [6.45, 7) is 6.39. The molecule has 0 spiro atoms. The Bertz CT molecular complexity index is 565. The number of hydrogen-bond acceptors (Lipinski definition) is 4. The molecular formula is C16H23N3S2. The lowest BCUT2D eigenvalue weighted by molar-refractivity contribution is 0.547. The van der Waals surface area contributed by atoms with Gasteiger partial charge in [0.2, 0.25) is 0 Å². The molecule has 1 atom stereocenters. The van der Waals surface area contributed by atoms with Crippen LogP contribution in [0.5, 0.6) is 0 Å². The molecule has 0 bridgehead atoms. The number of nitrogens with zero attached hydrogens (tertiary/aromatic N) is 2. The molecule has 2 aromatic heterocycles. The molecule has 0 fully saturated rings. The van der Waals surface area contributed by atoms with E-state index in [1.165, 1.54) is 22.8 Å². The summed E-state index contributed by atoms with van der Waals surface area (Å²) >= 11 is 4.03. The van der Waals surface area contributed by atoms with Crippen molar-refractivity contribution in [3.63, 3.8) is 0 Å². The fraction of sp³-hybridized carbons (Fsp3) is 0.562. The largest absolute Gasteiger partial charge is 0.334 e. The minimum atomic E-state index is 0.237. The van der Waals surface area contributed by atoms with E-state index in [4.69, 9.17) is 0 Å². The average molecular weight is 322 g/mol. The van der Waals surface area contributed by atoms with E-state index in [1.807, 2.05) is 17.5 Å². The van der Waals surface area contributed by atoms with Gasteiger partial charge in [0, 0.05) is 34.4 Å². The molecule has 114 valence electrons. The standard InChI is InChI=1S/C16H23N3S2/c1-3-6-17-15(16-18-7-8-19(16)4-2)14-10-12-11-20-9-5-13(12)21-14/h7-8,10,15,17H,3-6,9,11H2,1-2H3. The van der Waals surface area contributed by atoms with Crippen LogP contribution in [-0.2, 0) is 18.7 Å². The summed E-state index contributed by atoms with van der Waals surface area (Å²) in [4.78, 5) is 7.64. The highest BCUT2D eigenvalue weighted by molar-refractivity contribution is 7.98. The lowest BCUT2D eigenvalue weighted by Crippen LogP contribution is -2.25. The third-order valence-corrected chi connectivity index (χ3v) is 6.19. The zero-order valence-corrected chi connectivity index (χ0v) is 14.4. The fourth-order valence-corrected chi connectivity index (χ4v) is 5.22. The number of aryl methyl sites for hydroxylation is 2. The van der Waals surface area contributed by atoms with E-state index in [0.29, 0.717) is 0 Å². The third kappa shape index (κ3) is 3.20. The van der Waals surface area contributed by atoms with E-state index >= 15 is 0 Å². The Balaban J connectivity index is 1.93. The van der Waals surface area contributed by atoms with E-state index in [9.17, 15) is 0 Å². The normalized spacial score (nSPS) is 15.9. The van der Waals surface area contributed by atoms with Crippen molar-refractivity contribution in [1.82, 2.24) is 14.9 Å². The topological polar surface area (TPSA) is 29.9 Å². The monoisotopic (exact) mass is 321 g/mol. The second kappa shape index (κ2) is 6.99. The molecule has 5 heteroatoms. The van der Waals surface area contributed by atoms with Crippen LogP contribution in [0.4, 0.5) is 0 Å². The van der Waals surface area contributed by atoms with Crippen LogP contribution in [0, 0.1) is 0 Å². The predicted molar refractivity (Wildman–Crippen MR) is 92.2 cm³/mol. The molecule has 1 aliphatic heterocycles. The third-order valence-electron chi connectivity index (χ3n) is 3.88. The first-order chi connectivity index (χ1) is 10.3. The average Bonchev–Trinajstić information content (AvgIpc) is 3.14. The summed E-state index contributed by atoms with van der Waals surface area (Å²) in [5.41, 5.74) is 1.55. The van der Waals surface area contributed by atoms with Crippen molar-refractivity contribution in [2.75, 3.05) is 12.3 Å². The summed E-state index contributed by atoms with van der Waals surface area (Å²) in [6.07, 6.45) is 6.37. The highest BCUT2D eigenvalue weighted by Crippen LogP contribution is 2.36. The lowest BCUT2D eigenvalue weighted by atomic mass is 10.1. The van der Waals surface area contributed by atoms with Crippen LogP contribution in [0.1, 0.15) is 47.5 Å². The molecular weight excluding hydrogens is 298 g/mol. The Kier molecular flexibility index (Phi) is 5.03. The van der Waals surface area contributed by atoms with Crippen LogP contribution in [0.25, 0.3) is 0 Å². The Morgan fingerprint density at radius 3 is 3.10 bits per heavy atom. The zero-order valence-electron chi connectivity index (χ0n) is 12.8. The molecule has 1 aliphatic rings. The summed E-state index contributed by atoms with van der Waals surface area (Å²) in [7, 11) is 0. The summed E-state index contributed by atoms with van der Waals surface area (Å²) in [5, 5.41) is 3.69. The molecule has 0 amide bonds. The van der Waals surface area contributed by atoms with Crippen molar-refractivity contribution in [3.05, 3.63) is 39.6 Å². The minimum Gasteiger partial charge on any atom is -0.334 e. The van der Waals surface area contributed by atoms with E-state index in [2.05, 4.69) is 52.7 Å². The molecule has 2 aromatic rings. The van der Waals surface area contributed by atoms with Crippen LogP contribution in [0.2, 0.25) is 0 Å². The van der Waals surface area contributed by atoms with Crippen LogP contribution in [0.15, 0.2) is 18.5 Å². The highest BCUT2D eigenvalue weighted by Gasteiger charge is 2.23. The van der Waals surface area contributed by atoms with Crippen molar-refractivity contribution in [1.29, 1.82) is 0 Å². The number of nitrogens with one attached hydrogen (secondary N) is 1. The molecule has 3 rings (SSSR count). The quantitative estimate of drug-likeness (QED) is 0.876. The molecule has 21 heavy (non-hydrogen) atoms. The van der Waals surface area contributed by atoms with Crippen molar-refractivity contribution >= 4 is 23.1 Å². The molecule has 1 N–H and O–H groups in total. The number of fused-ring (bicyclic) bond motifs is 1. The van der Waals surface area contributed by atoms with Gasteiger partial charge in [0.25, 0.3) is 0 Å². The van der Waals surface area contributed by atoms with Crippen molar-refractivity contribution in [2.24, 2.45) is 0 Å². The number of thiophene rings is 1. The van der Waals surface area contributed by atoms with Crippen molar-refractivity contribution in [2.45, 2.75) is 45.0 Å². The fourth-order valence-electron chi connectivity index (χ4n) is 2.77. The smallest absolute Gasteiger partial charge is 0.131 e. The van der Waals surface area contributed by atoms with Gasteiger partial charge in [-0.1, -0.05) is 6.92 Å². The number of imidazole rings is 1. The van der Waals surface area contributed by atoms with Gasteiger partial charge in [0.1, 0.15) is 11.9 Å². The highest BCUT2D eigenvalue weighted by atomic mass is 32.2. The van der Waals surface area contributed by atoms with Gasteiger partial charge in [-0.2, -0.15) is 11.8 Å². The molecule has 3 heterocycles. The minimum absolute atomic E-state index is 0.237. The molecule has 0 aromatic carbocycles. The van der Waals surface area contributed by atoms with Gasteiger partial charge < -0.3 is 9.88 Å². The summed E-state index contributed by atoms with van der Waals surface area (Å²) < 4.78 is 2.25. The van der Waals surface area contributed by atoms with Gasteiger partial charge in [-0.25, -0.2) is 4.98 Å². The van der Waals surface area contributed by atoms with Gasteiger partial charge in [-0.05, 0) is 43.7 Å². The number of thioether (sulfide) groups is 1. The van der Waals surface area contributed by atoms with Gasteiger partial charge in [-0.15, -0.1) is 11.3 Å². The number of hydrogen-bond donors (Lipinski definition) is 1. The van der Waals surface area contributed by atoms with Gasteiger partial charge >= 0.3 is 0 Å². The number of rotatable bonds is 6. The van der Waals surface area contributed by atoms with Crippen LogP contribution in [0.3, 0.4) is 0 Å². The lowest BCUT2D eigenvalue weighted by Gasteiger charge is -2.18. The van der Waals surface area contributed by atoms with Crippen LogP contribution >= 0.6 is 23.1 Å². The van der Waals surface area contributed by atoms with Crippen LogP contribution < -0.4 is 5.32 Å². The Hall–Kier alpha value is -0.780. The number of aromatic nitrogens is 2. The Morgan fingerprint density at radius 2 is 2.33 bits per heavy atom. The van der Waals surface area contributed by atoms with Crippen LogP contribution in [-0.4, -0.2) is 21.8 Å². The van der Waals surface area contributed by atoms with E-state index in [1.54, 1.807) is 10.4 Å². The molecule has 1 unspecified atom stereocenters. The maximum absolute atomic E-state index is 4.62. The maximum Gasteiger partial charge on any atom is 0.131 e. The summed E-state index contributed by atoms with van der Waals surface area (Å²) in [6, 6.07) is 2.65. The maximum atomic E-state index is 4.62. The van der Waals surface area contributed by atoms with E-state index in [0.717, 1.165) is 25.3 Å². The molecule has 0 saturated carbocycles. The first-order valence-electron chi connectivity index (χ1n) is 7.77. The van der Waals surface area contributed by atoms with Gasteiger partial charge in [-0.3, -0.25) is 0 Å². The van der Waals surface area contributed by atoms with E-state index < -0.39 is 0 Å². The first kappa shape index (κ1) is 15.1. The second-order valence-corrected chi connectivity index (χ2v) is 7.63. The molecule has 0 aliphatic carbocycles. The Morgan fingerprint density at radius 1 is 1.43 bits per heavy atom. The molecule has 0 saturated heterocycles. The molecule has 0 radical (unpaired) electrons. The summed E-state index contributed by atoms with van der Waals surface area (Å²) in [5.74, 6) is 3.59. The molecule has 3 nitrogen and oxygen atoms in total. The second-order valence-electron chi connectivity index (χ2n) is 5.36. The Labute approximate surface area is 135 Å². The first-order valence-corrected chi connectivity index (χ1v) is 9.74. The SMILES string of the molecule is CCCNC(c1cc2c(s1)CCSC2)c1nccn1CC. The van der Waals surface area contributed by atoms with E-state index in [-0.39, 0.29) is 6.04 Å². The van der Waals surface area contributed by atoms with Gasteiger partial charge in [0.05, 0.1) is 0 Å². The zero-order chi connectivity index (χ0) is 14.7. The van der Waals surface area contributed by atoms with Crippen molar-refractivity contribution in [3.8, 4) is 0 Å². The van der Waals surface area contributed by atoms with Gasteiger partial charge in [0.15, 0.2) is 0 Å².